The Labute approximate surface area is 178 Å². The molecule has 1 aliphatic rings. The number of anilines is 2. The van der Waals surface area contributed by atoms with Crippen LogP contribution in [-0.2, 0) is 7.05 Å². The van der Waals surface area contributed by atoms with E-state index in [0.717, 1.165) is 52.9 Å². The molecule has 0 atom stereocenters. The summed E-state index contributed by atoms with van der Waals surface area (Å²) in [5, 5.41) is 12.3. The zero-order chi connectivity index (χ0) is 20.7. The number of hydrogen-bond acceptors (Lipinski definition) is 7. The lowest BCUT2D eigenvalue weighted by Gasteiger charge is -2.16. The third kappa shape index (κ3) is 3.40. The number of nitrogens with zero attached hydrogens (tertiary/aromatic N) is 6. The first kappa shape index (κ1) is 19.0. The minimum atomic E-state index is 0.376. The Morgan fingerprint density at radius 3 is 2.83 bits per heavy atom. The van der Waals surface area contributed by atoms with Gasteiger partial charge in [-0.15, -0.1) is 0 Å². The van der Waals surface area contributed by atoms with E-state index >= 15 is 0 Å². The molecule has 4 aromatic heterocycles. The van der Waals surface area contributed by atoms with Gasteiger partial charge in [-0.2, -0.15) is 9.47 Å². The van der Waals surface area contributed by atoms with Gasteiger partial charge in [0, 0.05) is 43.3 Å². The van der Waals surface area contributed by atoms with Crippen LogP contribution in [0.3, 0.4) is 0 Å². The first-order valence-electron chi connectivity index (χ1n) is 10.1. The van der Waals surface area contributed by atoms with Crippen LogP contribution in [0.1, 0.15) is 37.4 Å². The van der Waals surface area contributed by atoms with Gasteiger partial charge in [-0.1, -0.05) is 19.9 Å². The summed E-state index contributed by atoms with van der Waals surface area (Å²) in [5.74, 6) is 1.11. The van der Waals surface area contributed by atoms with Crippen molar-refractivity contribution >= 4 is 33.6 Å². The maximum Gasteiger partial charge on any atom is 0.181 e. The third-order valence-electron chi connectivity index (χ3n) is 5.30. The summed E-state index contributed by atoms with van der Waals surface area (Å²) in [6.07, 6.45) is 13.0. The molecule has 0 bridgehead atoms. The minimum Gasteiger partial charge on any atom is -0.327 e. The van der Waals surface area contributed by atoms with Crippen molar-refractivity contribution in [1.29, 1.82) is 0 Å². The van der Waals surface area contributed by atoms with Gasteiger partial charge in [0.05, 0.1) is 23.8 Å². The van der Waals surface area contributed by atoms with Gasteiger partial charge in [-0.05, 0) is 36.0 Å². The van der Waals surface area contributed by atoms with Gasteiger partial charge in [-0.25, -0.2) is 9.97 Å². The summed E-state index contributed by atoms with van der Waals surface area (Å²) in [5.41, 5.74) is 6.11. The Morgan fingerprint density at radius 1 is 1.20 bits per heavy atom. The lowest BCUT2D eigenvalue weighted by atomic mass is 10.1. The molecule has 1 aliphatic heterocycles. The summed E-state index contributed by atoms with van der Waals surface area (Å²) >= 11 is 1.45. The lowest BCUT2D eigenvalue weighted by Crippen LogP contribution is -2.22. The molecule has 5 rings (SSSR count). The zero-order valence-electron chi connectivity index (χ0n) is 17.3. The highest BCUT2D eigenvalue weighted by atomic mass is 32.1. The summed E-state index contributed by atoms with van der Waals surface area (Å²) < 4.78 is 8.28. The molecule has 0 fully saturated rings. The van der Waals surface area contributed by atoms with E-state index in [1.54, 1.807) is 4.68 Å². The molecule has 0 unspecified atom stereocenters. The smallest absolute Gasteiger partial charge is 0.181 e. The van der Waals surface area contributed by atoms with Crippen molar-refractivity contribution in [3.05, 3.63) is 48.3 Å². The van der Waals surface area contributed by atoms with E-state index in [-0.39, 0.29) is 0 Å². The van der Waals surface area contributed by atoms with Crippen molar-refractivity contribution in [1.82, 2.24) is 33.8 Å². The van der Waals surface area contributed by atoms with Crippen molar-refractivity contribution in [2.45, 2.75) is 26.2 Å². The van der Waals surface area contributed by atoms with E-state index < -0.39 is 0 Å². The Morgan fingerprint density at radius 2 is 2.10 bits per heavy atom. The highest BCUT2D eigenvalue weighted by Gasteiger charge is 2.18. The predicted molar refractivity (Wildman–Crippen MR) is 120 cm³/mol. The molecule has 0 radical (unpaired) electrons. The van der Waals surface area contributed by atoms with Crippen LogP contribution in [0.15, 0.2) is 37.1 Å². The van der Waals surface area contributed by atoms with Crippen molar-refractivity contribution in [2.24, 2.45) is 7.05 Å². The first-order valence-corrected chi connectivity index (χ1v) is 10.9. The van der Waals surface area contributed by atoms with Crippen molar-refractivity contribution in [2.75, 3.05) is 18.4 Å². The molecule has 8 nitrogen and oxygen atoms in total. The van der Waals surface area contributed by atoms with Gasteiger partial charge in [0.1, 0.15) is 5.00 Å². The molecule has 154 valence electrons. The molecule has 0 aromatic carbocycles. The van der Waals surface area contributed by atoms with E-state index in [9.17, 15) is 0 Å². The average Bonchev–Trinajstić information content (AvgIpc) is 3.48. The van der Waals surface area contributed by atoms with E-state index in [2.05, 4.69) is 50.6 Å². The molecular weight excluding hydrogens is 396 g/mol. The average molecular weight is 421 g/mol. The van der Waals surface area contributed by atoms with Crippen LogP contribution in [0.5, 0.6) is 0 Å². The fourth-order valence-electron chi connectivity index (χ4n) is 3.69. The molecule has 5 heterocycles. The van der Waals surface area contributed by atoms with Gasteiger partial charge in [-0.3, -0.25) is 9.08 Å². The van der Waals surface area contributed by atoms with Crippen LogP contribution in [0.4, 0.5) is 10.8 Å². The maximum atomic E-state index is 4.97. The molecule has 0 spiro atoms. The molecule has 30 heavy (non-hydrogen) atoms. The molecule has 0 saturated heterocycles. The highest BCUT2D eigenvalue weighted by Crippen LogP contribution is 2.33. The predicted octanol–water partition coefficient (Wildman–Crippen LogP) is 3.83. The SMILES string of the molecule is CC(C)c1cnsc1Nc1nc(C2=CCCNC2)cn2c(-c3cnn(C)c3)cnc12. The Hall–Kier alpha value is -3.04. The van der Waals surface area contributed by atoms with E-state index in [1.165, 1.54) is 22.7 Å². The van der Waals surface area contributed by atoms with Crippen molar-refractivity contribution in [3.8, 4) is 11.3 Å². The quantitative estimate of drug-likeness (QED) is 0.510. The van der Waals surface area contributed by atoms with Gasteiger partial charge in [0.25, 0.3) is 0 Å². The number of aryl methyl sites for hydroxylation is 1. The van der Waals surface area contributed by atoms with Gasteiger partial charge < -0.3 is 10.6 Å². The normalized spacial score (nSPS) is 14.5. The fourth-order valence-corrected chi connectivity index (χ4v) is 4.50. The molecule has 4 aromatic rings. The van der Waals surface area contributed by atoms with Crippen LogP contribution < -0.4 is 10.6 Å². The number of nitrogens with one attached hydrogen (secondary N) is 2. The standard InChI is InChI=1S/C21H24N8S/c1-13(2)16-9-25-30-21(16)27-19-20-23-10-18(15-8-24-28(3)11-15)29(20)12-17(26-19)14-5-4-6-22-7-14/h5,8-13,22H,4,6-7H2,1-3H3,(H,26,27). The van der Waals surface area contributed by atoms with E-state index in [0.29, 0.717) is 5.92 Å². The van der Waals surface area contributed by atoms with E-state index in [4.69, 9.17) is 9.97 Å². The topological polar surface area (TPSA) is 85.0 Å². The minimum absolute atomic E-state index is 0.376. The fraction of sp³-hybridized carbons (Fsp3) is 0.333. The number of aromatic nitrogens is 6. The number of hydrogen-bond donors (Lipinski definition) is 2. The Bertz CT molecular complexity index is 1230. The number of imidazole rings is 1. The van der Waals surface area contributed by atoms with Crippen LogP contribution in [0.25, 0.3) is 22.5 Å². The van der Waals surface area contributed by atoms with E-state index in [1.807, 2.05) is 31.8 Å². The second-order valence-corrected chi connectivity index (χ2v) is 8.60. The van der Waals surface area contributed by atoms with Crippen LogP contribution in [-0.4, -0.2) is 41.6 Å². The number of fused-ring (bicyclic) bond motifs is 1. The van der Waals surface area contributed by atoms with Crippen LogP contribution >= 0.6 is 11.5 Å². The Balaban J connectivity index is 1.67. The largest absolute Gasteiger partial charge is 0.327 e. The third-order valence-corrected chi connectivity index (χ3v) is 6.03. The molecular formula is C21H24N8S. The summed E-state index contributed by atoms with van der Waals surface area (Å²) in [4.78, 5) is 9.66. The van der Waals surface area contributed by atoms with Crippen LogP contribution in [0, 0.1) is 0 Å². The molecule has 0 amide bonds. The zero-order valence-corrected chi connectivity index (χ0v) is 18.1. The highest BCUT2D eigenvalue weighted by molar-refractivity contribution is 7.10. The van der Waals surface area contributed by atoms with Crippen molar-refractivity contribution < 1.29 is 0 Å². The lowest BCUT2D eigenvalue weighted by molar-refractivity contribution is 0.737. The summed E-state index contributed by atoms with van der Waals surface area (Å²) in [6.45, 7) is 6.15. The van der Waals surface area contributed by atoms with Gasteiger partial charge >= 0.3 is 0 Å². The maximum absolute atomic E-state index is 4.97. The molecule has 9 heteroatoms. The second kappa shape index (κ2) is 7.66. The summed E-state index contributed by atoms with van der Waals surface area (Å²) in [7, 11) is 1.92. The monoisotopic (exact) mass is 420 g/mol. The molecule has 2 N–H and O–H groups in total. The molecule has 0 aliphatic carbocycles. The Kier molecular flexibility index (Phi) is 4.84. The number of rotatable bonds is 5. The molecule has 0 saturated carbocycles. The van der Waals surface area contributed by atoms with Crippen molar-refractivity contribution in [3.63, 3.8) is 0 Å². The summed E-state index contributed by atoms with van der Waals surface area (Å²) in [6, 6.07) is 0. The van der Waals surface area contributed by atoms with Crippen LogP contribution in [0.2, 0.25) is 0 Å². The first-order chi connectivity index (χ1) is 14.6. The van der Waals surface area contributed by atoms with Gasteiger partial charge in [0.2, 0.25) is 0 Å². The second-order valence-electron chi connectivity index (χ2n) is 7.80. The van der Waals surface area contributed by atoms with Gasteiger partial charge in [0.15, 0.2) is 11.5 Å².